The van der Waals surface area contributed by atoms with Gasteiger partial charge in [0.2, 0.25) is 0 Å². The van der Waals surface area contributed by atoms with E-state index in [0.717, 1.165) is 6.42 Å². The monoisotopic (exact) mass is 164 g/mol. The molecule has 0 fully saturated rings. The summed E-state index contributed by atoms with van der Waals surface area (Å²) in [6, 6.07) is 0. The van der Waals surface area contributed by atoms with Crippen molar-refractivity contribution in [2.24, 2.45) is 0 Å². The quantitative estimate of drug-likeness (QED) is 0.598. The first-order valence-electron chi connectivity index (χ1n) is 3.07. The lowest BCUT2D eigenvalue weighted by Gasteiger charge is -2.06. The van der Waals surface area contributed by atoms with Gasteiger partial charge in [-0.05, 0) is 6.42 Å². The van der Waals surface area contributed by atoms with Crippen LogP contribution in [0.1, 0.15) is 13.3 Å². The molecular weight excluding hydrogens is 151 g/mol. The second-order valence-electron chi connectivity index (χ2n) is 1.70. The molecule has 0 atom stereocenters. The fraction of sp³-hybridized carbons (Fsp3) is 0.667. The van der Waals surface area contributed by atoms with Gasteiger partial charge in [0.25, 0.3) is 0 Å². The summed E-state index contributed by atoms with van der Waals surface area (Å²) >= 11 is 0. The van der Waals surface area contributed by atoms with E-state index in [4.69, 9.17) is 0 Å². The first-order valence-corrected chi connectivity index (χ1v) is 4.68. The van der Waals surface area contributed by atoms with Crippen molar-refractivity contribution in [2.75, 3.05) is 14.2 Å². The van der Waals surface area contributed by atoms with Gasteiger partial charge in [0.15, 0.2) is 0 Å². The van der Waals surface area contributed by atoms with Gasteiger partial charge in [-0.3, -0.25) is 4.57 Å². The molecule has 3 nitrogen and oxygen atoms in total. The summed E-state index contributed by atoms with van der Waals surface area (Å²) in [7, 11) is -0.148. The van der Waals surface area contributed by atoms with Gasteiger partial charge in [-0.15, -0.1) is 0 Å². The summed E-state index contributed by atoms with van der Waals surface area (Å²) in [4.78, 5) is 0. The highest BCUT2D eigenvalue weighted by molar-refractivity contribution is 7.57. The van der Waals surface area contributed by atoms with E-state index in [1.54, 1.807) is 6.08 Å². The Balaban J connectivity index is 4.07. The topological polar surface area (TPSA) is 35.5 Å². The van der Waals surface area contributed by atoms with Crippen molar-refractivity contribution < 1.29 is 13.6 Å². The maximum atomic E-state index is 11.2. The van der Waals surface area contributed by atoms with Crippen LogP contribution < -0.4 is 0 Å². The molecule has 0 unspecified atom stereocenters. The van der Waals surface area contributed by atoms with E-state index in [1.807, 2.05) is 6.92 Å². The fourth-order valence-corrected chi connectivity index (χ4v) is 1.29. The van der Waals surface area contributed by atoms with E-state index >= 15 is 0 Å². The summed E-state index contributed by atoms with van der Waals surface area (Å²) < 4.78 is 20.4. The van der Waals surface area contributed by atoms with Crippen LogP contribution in [0.3, 0.4) is 0 Å². The van der Waals surface area contributed by atoms with Crippen molar-refractivity contribution >= 4 is 7.60 Å². The van der Waals surface area contributed by atoms with E-state index < -0.39 is 7.60 Å². The van der Waals surface area contributed by atoms with E-state index in [9.17, 15) is 4.57 Å². The zero-order valence-corrected chi connectivity index (χ0v) is 7.43. The summed E-state index contributed by atoms with van der Waals surface area (Å²) in [5, 5.41) is 0. The van der Waals surface area contributed by atoms with Crippen molar-refractivity contribution in [2.45, 2.75) is 13.3 Å². The number of hydrogen-bond donors (Lipinski definition) is 0. The van der Waals surface area contributed by atoms with E-state index in [1.165, 1.54) is 20.0 Å². The number of allylic oxidation sites excluding steroid dienone is 1. The predicted molar refractivity (Wildman–Crippen MR) is 41.1 cm³/mol. The van der Waals surface area contributed by atoms with Crippen molar-refractivity contribution in [3.63, 3.8) is 0 Å². The molecule has 0 heterocycles. The van der Waals surface area contributed by atoms with E-state index in [2.05, 4.69) is 9.05 Å². The minimum atomic E-state index is -2.88. The Morgan fingerprint density at radius 1 is 1.40 bits per heavy atom. The van der Waals surface area contributed by atoms with Gasteiger partial charge in [0.05, 0.1) is 0 Å². The van der Waals surface area contributed by atoms with Crippen LogP contribution in [0.5, 0.6) is 0 Å². The molecule has 0 bridgehead atoms. The van der Waals surface area contributed by atoms with Gasteiger partial charge in [0.1, 0.15) is 0 Å². The molecule has 0 rings (SSSR count). The average Bonchev–Trinajstić information content (AvgIpc) is 2.00. The lowest BCUT2D eigenvalue weighted by molar-refractivity contribution is 0.286. The molecule has 0 N–H and O–H groups in total. The zero-order chi connectivity index (χ0) is 8.04. The Morgan fingerprint density at radius 2 is 1.90 bits per heavy atom. The summed E-state index contributed by atoms with van der Waals surface area (Å²) in [5.74, 6) is 1.47. The standard InChI is InChI=1S/C6H13O3P/c1-4-5-6-10(7,8-2)9-3/h5-6H,4H2,1-3H3/b6-5+. The molecule has 0 aliphatic rings. The molecule has 0 saturated carbocycles. The maximum absolute atomic E-state index is 11.2. The largest absolute Gasteiger partial charge is 0.353 e. The van der Waals surface area contributed by atoms with Crippen LogP contribution in [0, 0.1) is 0 Å². The molecule has 4 heteroatoms. The van der Waals surface area contributed by atoms with Crippen molar-refractivity contribution in [3.8, 4) is 0 Å². The van der Waals surface area contributed by atoms with Gasteiger partial charge < -0.3 is 9.05 Å². The molecular formula is C6H13O3P. The number of rotatable bonds is 4. The molecule has 0 aromatic carbocycles. The molecule has 60 valence electrons. The highest BCUT2D eigenvalue weighted by Crippen LogP contribution is 2.47. The zero-order valence-electron chi connectivity index (χ0n) is 6.53. The van der Waals surface area contributed by atoms with Crippen LogP contribution in [-0.2, 0) is 13.6 Å². The first kappa shape index (κ1) is 9.89. The van der Waals surface area contributed by atoms with E-state index in [-0.39, 0.29) is 0 Å². The smallest absolute Gasteiger partial charge is 0.309 e. The van der Waals surface area contributed by atoms with Gasteiger partial charge >= 0.3 is 7.60 Å². The van der Waals surface area contributed by atoms with Crippen molar-refractivity contribution in [1.29, 1.82) is 0 Å². The lowest BCUT2D eigenvalue weighted by Crippen LogP contribution is -1.82. The van der Waals surface area contributed by atoms with Crippen LogP contribution in [0.4, 0.5) is 0 Å². The SMILES string of the molecule is CC/C=C/P(=O)(OC)OC. The van der Waals surface area contributed by atoms with Gasteiger partial charge in [-0.25, -0.2) is 0 Å². The molecule has 0 spiro atoms. The molecule has 0 aromatic rings. The van der Waals surface area contributed by atoms with Crippen molar-refractivity contribution in [3.05, 3.63) is 11.9 Å². The normalized spacial score (nSPS) is 12.7. The van der Waals surface area contributed by atoms with Crippen LogP contribution >= 0.6 is 7.60 Å². The van der Waals surface area contributed by atoms with Crippen LogP contribution in [0.25, 0.3) is 0 Å². The molecule has 0 saturated heterocycles. The molecule has 0 aliphatic carbocycles. The fourth-order valence-electron chi connectivity index (χ4n) is 0.431. The average molecular weight is 164 g/mol. The minimum Gasteiger partial charge on any atom is -0.309 e. The molecule has 0 radical (unpaired) electrons. The summed E-state index contributed by atoms with van der Waals surface area (Å²) in [6.45, 7) is 1.95. The number of hydrogen-bond acceptors (Lipinski definition) is 3. The third-order valence-corrected chi connectivity index (χ3v) is 2.63. The first-order chi connectivity index (χ1) is 4.68. The Morgan fingerprint density at radius 3 is 2.20 bits per heavy atom. The van der Waals surface area contributed by atoms with Crippen LogP contribution in [0.15, 0.2) is 11.9 Å². The molecule has 0 aromatic heterocycles. The third-order valence-electron chi connectivity index (χ3n) is 1.03. The Bertz CT molecular complexity index is 145. The second kappa shape index (κ2) is 4.67. The molecule has 0 aliphatic heterocycles. The minimum absolute atomic E-state index is 0.830. The second-order valence-corrected chi connectivity index (χ2v) is 3.81. The molecule has 10 heavy (non-hydrogen) atoms. The predicted octanol–water partition coefficient (Wildman–Crippen LogP) is 2.40. The van der Waals surface area contributed by atoms with Gasteiger partial charge in [-0.1, -0.05) is 13.0 Å². The Labute approximate surface area is 61.6 Å². The lowest BCUT2D eigenvalue weighted by atomic mass is 10.5. The highest BCUT2D eigenvalue weighted by atomic mass is 31.2. The Hall–Kier alpha value is -0.110. The third kappa shape index (κ3) is 3.16. The Kier molecular flexibility index (Phi) is 4.62. The highest BCUT2D eigenvalue weighted by Gasteiger charge is 2.14. The van der Waals surface area contributed by atoms with E-state index in [0.29, 0.717) is 0 Å². The summed E-state index contributed by atoms with van der Waals surface area (Å²) in [6.07, 6.45) is 2.59. The molecule has 0 amide bonds. The van der Waals surface area contributed by atoms with Crippen LogP contribution in [0.2, 0.25) is 0 Å². The van der Waals surface area contributed by atoms with Gasteiger partial charge in [0, 0.05) is 20.0 Å². The maximum Gasteiger partial charge on any atom is 0.353 e. The summed E-state index contributed by atoms with van der Waals surface area (Å²) in [5.41, 5.74) is 0. The van der Waals surface area contributed by atoms with Crippen molar-refractivity contribution in [1.82, 2.24) is 0 Å². The van der Waals surface area contributed by atoms with Gasteiger partial charge in [-0.2, -0.15) is 0 Å². The van der Waals surface area contributed by atoms with Crippen LogP contribution in [-0.4, -0.2) is 14.2 Å².